The summed E-state index contributed by atoms with van der Waals surface area (Å²) in [5.41, 5.74) is 0. The molecule has 0 radical (unpaired) electrons. The van der Waals surface area contributed by atoms with Crippen molar-refractivity contribution in [1.82, 2.24) is 0 Å². The zero-order valence-corrected chi connectivity index (χ0v) is 14.2. The molecule has 0 saturated heterocycles. The maximum absolute atomic E-state index is 10.6. The highest BCUT2D eigenvalue weighted by atomic mass is 31.2. The van der Waals surface area contributed by atoms with Gasteiger partial charge in [0.25, 0.3) is 0 Å². The second-order valence-electron chi connectivity index (χ2n) is 5.25. The predicted octanol–water partition coefficient (Wildman–Crippen LogP) is 3.17. The van der Waals surface area contributed by atoms with Crippen LogP contribution in [-0.2, 0) is 13.7 Å². The summed E-state index contributed by atoms with van der Waals surface area (Å²) in [5, 5.41) is 0. The van der Waals surface area contributed by atoms with Gasteiger partial charge in [0.05, 0.1) is 6.61 Å². The van der Waals surface area contributed by atoms with Gasteiger partial charge in [0, 0.05) is 6.16 Å². The zero-order valence-electron chi connectivity index (χ0n) is 12.4. The molecule has 0 heterocycles. The van der Waals surface area contributed by atoms with Crippen LogP contribution in [0.25, 0.3) is 0 Å². The second-order valence-corrected chi connectivity index (χ2v) is 8.26. The molecule has 0 aliphatic heterocycles. The van der Waals surface area contributed by atoms with Gasteiger partial charge in [-0.2, -0.15) is 0 Å². The molecular formula is C12H28O7P2. The summed E-state index contributed by atoms with van der Waals surface area (Å²) in [6, 6.07) is 0. The Bertz CT molecular complexity index is 304. The maximum atomic E-state index is 10.6. The average Bonchev–Trinajstić information content (AvgIpc) is 2.32. The normalized spacial score (nSPS) is 12.8. The third kappa shape index (κ3) is 20.3. The molecule has 0 bridgehead atoms. The second kappa shape index (κ2) is 11.8. The average molecular weight is 346 g/mol. The summed E-state index contributed by atoms with van der Waals surface area (Å²) in [4.78, 5) is 34.3. The third-order valence-electron chi connectivity index (χ3n) is 3.10. The molecule has 0 atom stereocenters. The van der Waals surface area contributed by atoms with Crippen LogP contribution < -0.4 is 0 Å². The van der Waals surface area contributed by atoms with Crippen molar-refractivity contribution in [3.63, 3.8) is 0 Å². The van der Waals surface area contributed by atoms with Crippen molar-refractivity contribution < 1.29 is 33.2 Å². The molecule has 7 nitrogen and oxygen atoms in total. The number of phosphoric ester groups is 1. The summed E-state index contributed by atoms with van der Waals surface area (Å²) in [7, 11) is -8.12. The number of rotatable bonds is 14. The molecule has 0 aliphatic carbocycles. The third-order valence-corrected chi connectivity index (χ3v) is 4.52. The standard InChI is InChI=1S/C12H28O7P2/c13-20(14,15)12-10-8-6-4-2-1-3-5-7-9-11-19-21(16,17)18/h1-12H2,(H2,13,14,15)(H2,16,17,18). The van der Waals surface area contributed by atoms with Gasteiger partial charge in [-0.05, 0) is 12.8 Å². The van der Waals surface area contributed by atoms with E-state index in [0.717, 1.165) is 51.4 Å². The lowest BCUT2D eigenvalue weighted by atomic mass is 10.1. The summed E-state index contributed by atoms with van der Waals surface area (Å²) < 4.78 is 25.4. The van der Waals surface area contributed by atoms with Gasteiger partial charge in [-0.25, -0.2) is 4.57 Å². The van der Waals surface area contributed by atoms with Gasteiger partial charge in [0.2, 0.25) is 0 Å². The van der Waals surface area contributed by atoms with E-state index in [4.69, 9.17) is 19.6 Å². The first-order chi connectivity index (χ1) is 9.71. The monoisotopic (exact) mass is 346 g/mol. The van der Waals surface area contributed by atoms with Crippen molar-refractivity contribution in [1.29, 1.82) is 0 Å². The van der Waals surface area contributed by atoms with Crippen LogP contribution in [-0.4, -0.2) is 32.3 Å². The Hall–Kier alpha value is 0.260. The summed E-state index contributed by atoms with van der Waals surface area (Å²) in [6.07, 6.45) is 9.47. The first kappa shape index (κ1) is 21.3. The fourth-order valence-corrected chi connectivity index (χ4v) is 3.02. The molecule has 0 aliphatic rings. The van der Waals surface area contributed by atoms with E-state index in [-0.39, 0.29) is 12.8 Å². The van der Waals surface area contributed by atoms with Crippen LogP contribution in [0.2, 0.25) is 0 Å². The van der Waals surface area contributed by atoms with Crippen molar-refractivity contribution in [2.45, 2.75) is 64.2 Å². The molecule has 0 unspecified atom stereocenters. The molecular weight excluding hydrogens is 318 g/mol. The van der Waals surface area contributed by atoms with Crippen LogP contribution in [0.5, 0.6) is 0 Å². The number of hydrogen-bond donors (Lipinski definition) is 4. The molecule has 0 aromatic heterocycles. The van der Waals surface area contributed by atoms with Crippen molar-refractivity contribution in [2.24, 2.45) is 0 Å². The van der Waals surface area contributed by atoms with E-state index in [1.165, 1.54) is 0 Å². The van der Waals surface area contributed by atoms with Gasteiger partial charge in [-0.15, -0.1) is 0 Å². The predicted molar refractivity (Wildman–Crippen MR) is 81.1 cm³/mol. The van der Waals surface area contributed by atoms with E-state index < -0.39 is 15.4 Å². The Balaban J connectivity index is 3.13. The molecule has 0 rings (SSSR count). The van der Waals surface area contributed by atoms with Crippen LogP contribution in [0, 0.1) is 0 Å². The van der Waals surface area contributed by atoms with E-state index in [9.17, 15) is 9.13 Å². The van der Waals surface area contributed by atoms with Crippen LogP contribution >= 0.6 is 15.4 Å². The van der Waals surface area contributed by atoms with Gasteiger partial charge in [-0.3, -0.25) is 9.09 Å². The Morgan fingerprint density at radius 1 is 0.619 bits per heavy atom. The topological polar surface area (TPSA) is 124 Å². The quantitative estimate of drug-likeness (QED) is 0.281. The van der Waals surface area contributed by atoms with E-state index in [1.54, 1.807) is 0 Å². The van der Waals surface area contributed by atoms with Crippen LogP contribution in [0.3, 0.4) is 0 Å². The van der Waals surface area contributed by atoms with Crippen LogP contribution in [0.15, 0.2) is 0 Å². The largest absolute Gasteiger partial charge is 0.469 e. The summed E-state index contributed by atoms with van der Waals surface area (Å²) in [6.45, 7) is 0.101. The fourth-order valence-electron chi connectivity index (χ4n) is 2.02. The minimum Gasteiger partial charge on any atom is -0.324 e. The van der Waals surface area contributed by atoms with Crippen molar-refractivity contribution >= 4 is 15.4 Å². The highest BCUT2D eigenvalue weighted by molar-refractivity contribution is 7.51. The molecule has 0 aromatic carbocycles. The Morgan fingerprint density at radius 2 is 1.00 bits per heavy atom. The molecule has 0 amide bonds. The number of phosphoric acid groups is 1. The van der Waals surface area contributed by atoms with Gasteiger partial charge in [-0.1, -0.05) is 51.4 Å². The highest BCUT2D eigenvalue weighted by Gasteiger charge is 2.12. The lowest BCUT2D eigenvalue weighted by molar-refractivity contribution is 0.193. The smallest absolute Gasteiger partial charge is 0.324 e. The van der Waals surface area contributed by atoms with E-state index in [0.29, 0.717) is 12.8 Å². The maximum Gasteiger partial charge on any atom is 0.469 e. The van der Waals surface area contributed by atoms with Crippen LogP contribution in [0.4, 0.5) is 0 Å². The molecule has 128 valence electrons. The molecule has 0 aromatic rings. The molecule has 0 fully saturated rings. The first-order valence-electron chi connectivity index (χ1n) is 7.45. The summed E-state index contributed by atoms with van der Waals surface area (Å²) >= 11 is 0. The number of hydrogen-bond acceptors (Lipinski definition) is 3. The lowest BCUT2D eigenvalue weighted by Crippen LogP contribution is -1.92. The molecule has 9 heteroatoms. The van der Waals surface area contributed by atoms with Crippen molar-refractivity contribution in [3.8, 4) is 0 Å². The van der Waals surface area contributed by atoms with E-state index in [1.807, 2.05) is 0 Å². The molecule has 4 N–H and O–H groups in total. The minimum absolute atomic E-state index is 0.0102. The van der Waals surface area contributed by atoms with Crippen molar-refractivity contribution in [3.05, 3.63) is 0 Å². The summed E-state index contributed by atoms with van der Waals surface area (Å²) in [5.74, 6) is 0. The van der Waals surface area contributed by atoms with E-state index in [2.05, 4.69) is 4.52 Å². The van der Waals surface area contributed by atoms with Crippen LogP contribution in [0.1, 0.15) is 64.2 Å². The van der Waals surface area contributed by atoms with Gasteiger partial charge < -0.3 is 19.6 Å². The van der Waals surface area contributed by atoms with Crippen molar-refractivity contribution in [2.75, 3.05) is 12.8 Å². The molecule has 21 heavy (non-hydrogen) atoms. The Labute approximate surface area is 126 Å². The highest BCUT2D eigenvalue weighted by Crippen LogP contribution is 2.36. The van der Waals surface area contributed by atoms with E-state index >= 15 is 0 Å². The van der Waals surface area contributed by atoms with Gasteiger partial charge in [0.1, 0.15) is 0 Å². The fraction of sp³-hybridized carbons (Fsp3) is 1.00. The van der Waals surface area contributed by atoms with Gasteiger partial charge >= 0.3 is 15.4 Å². The SMILES string of the molecule is O=P(O)(O)CCCCCCCCCCCCOP(=O)(O)O. The molecule has 0 spiro atoms. The molecule has 0 saturated carbocycles. The minimum atomic E-state index is -4.31. The Morgan fingerprint density at radius 3 is 1.38 bits per heavy atom. The zero-order chi connectivity index (χ0) is 16.2. The first-order valence-corrected chi connectivity index (χ1v) is 10.8. The number of unbranched alkanes of at least 4 members (excludes halogenated alkanes) is 9. The lowest BCUT2D eigenvalue weighted by Gasteiger charge is -2.05. The van der Waals surface area contributed by atoms with Gasteiger partial charge in [0.15, 0.2) is 0 Å². The Kier molecular flexibility index (Phi) is 11.9.